The number of hydrogen-bond acceptors (Lipinski definition) is 5. The zero-order valence-electron chi connectivity index (χ0n) is 16.0. The summed E-state index contributed by atoms with van der Waals surface area (Å²) >= 11 is 0. The van der Waals surface area contributed by atoms with Gasteiger partial charge in [-0.1, -0.05) is 26.0 Å². The van der Waals surface area contributed by atoms with Crippen LogP contribution < -0.4 is 5.32 Å². The fraction of sp³-hybridized carbons (Fsp3) is 0.400. The van der Waals surface area contributed by atoms with Crippen molar-refractivity contribution in [2.24, 2.45) is 5.92 Å². The first-order valence-electron chi connectivity index (χ1n) is 8.76. The molecule has 2 aromatic rings. The predicted molar refractivity (Wildman–Crippen MR) is 99.6 cm³/mol. The van der Waals surface area contributed by atoms with Gasteiger partial charge in [-0.2, -0.15) is 10.4 Å². The van der Waals surface area contributed by atoms with E-state index in [0.717, 1.165) is 5.56 Å². The van der Waals surface area contributed by atoms with Crippen LogP contribution in [0.2, 0.25) is 0 Å². The van der Waals surface area contributed by atoms with Crippen molar-refractivity contribution in [2.45, 2.75) is 45.9 Å². The molecule has 0 aliphatic rings. The fourth-order valence-corrected chi connectivity index (χ4v) is 2.27. The van der Waals surface area contributed by atoms with Gasteiger partial charge in [-0.3, -0.25) is 9.48 Å². The Labute approximate surface area is 158 Å². The van der Waals surface area contributed by atoms with Crippen molar-refractivity contribution < 1.29 is 14.3 Å². The highest BCUT2D eigenvalue weighted by Gasteiger charge is 2.32. The summed E-state index contributed by atoms with van der Waals surface area (Å²) in [5.74, 6) is -1.18. The van der Waals surface area contributed by atoms with E-state index in [0.29, 0.717) is 12.1 Å². The van der Waals surface area contributed by atoms with Crippen molar-refractivity contribution in [3.05, 3.63) is 53.9 Å². The number of aromatic nitrogens is 2. The number of rotatable bonds is 7. The molecule has 0 aliphatic carbocycles. The molecule has 1 heterocycles. The Balaban J connectivity index is 1.95. The van der Waals surface area contributed by atoms with Crippen molar-refractivity contribution in [3.8, 4) is 6.07 Å². The molecule has 1 aromatic heterocycles. The number of esters is 1. The average Bonchev–Trinajstić information content (AvgIpc) is 3.14. The van der Waals surface area contributed by atoms with Crippen LogP contribution in [0.5, 0.6) is 0 Å². The molecule has 2 rings (SSSR count). The first kappa shape index (κ1) is 20.2. The highest BCUT2D eigenvalue weighted by atomic mass is 16.5. The molecule has 1 amide bonds. The van der Waals surface area contributed by atoms with Crippen molar-refractivity contribution in [3.63, 3.8) is 0 Å². The van der Waals surface area contributed by atoms with Crippen LogP contribution in [0.3, 0.4) is 0 Å². The van der Waals surface area contributed by atoms with Crippen molar-refractivity contribution in [2.75, 3.05) is 0 Å². The number of carbonyl (C=O) groups excluding carboxylic acids is 2. The highest BCUT2D eigenvalue weighted by molar-refractivity contribution is 5.92. The Morgan fingerprint density at radius 3 is 2.48 bits per heavy atom. The van der Waals surface area contributed by atoms with Gasteiger partial charge in [-0.05, 0) is 43.5 Å². The zero-order valence-corrected chi connectivity index (χ0v) is 16.0. The van der Waals surface area contributed by atoms with Gasteiger partial charge in [0.15, 0.2) is 6.10 Å². The van der Waals surface area contributed by atoms with Crippen LogP contribution in [-0.2, 0) is 16.1 Å². The lowest BCUT2D eigenvalue weighted by Gasteiger charge is -2.28. The second-order valence-electron chi connectivity index (χ2n) is 6.91. The summed E-state index contributed by atoms with van der Waals surface area (Å²) < 4.78 is 7.01. The number of nitrogens with zero attached hydrogens (tertiary/aromatic N) is 3. The summed E-state index contributed by atoms with van der Waals surface area (Å²) in [6, 6.07) is 10.9. The minimum atomic E-state index is -1.02. The van der Waals surface area contributed by atoms with Crippen LogP contribution in [0, 0.1) is 17.2 Å². The van der Waals surface area contributed by atoms with E-state index in [9.17, 15) is 14.9 Å². The first-order chi connectivity index (χ1) is 12.7. The Morgan fingerprint density at radius 1 is 1.30 bits per heavy atom. The molecule has 2 atom stereocenters. The zero-order chi connectivity index (χ0) is 20.0. The maximum atomic E-state index is 12.3. The van der Waals surface area contributed by atoms with E-state index in [1.807, 2.05) is 38.2 Å². The second-order valence-corrected chi connectivity index (χ2v) is 6.91. The van der Waals surface area contributed by atoms with Gasteiger partial charge >= 0.3 is 5.97 Å². The third-order valence-corrected chi connectivity index (χ3v) is 4.52. The standard InChI is InChI=1S/C20H24N4O3/c1-14(2)20(4,13-21)23-18(25)15(3)27-19(26)17-8-6-16(7-9-17)12-24-11-5-10-22-24/h5-11,14-15H,12H2,1-4H3,(H,23,25). The quantitative estimate of drug-likeness (QED) is 0.758. The van der Waals surface area contributed by atoms with E-state index in [4.69, 9.17) is 4.74 Å². The number of nitrogens with one attached hydrogen (secondary N) is 1. The highest BCUT2D eigenvalue weighted by Crippen LogP contribution is 2.16. The Kier molecular flexibility index (Phi) is 6.35. The van der Waals surface area contributed by atoms with E-state index in [1.54, 1.807) is 29.9 Å². The Morgan fingerprint density at radius 2 is 1.96 bits per heavy atom. The summed E-state index contributed by atoms with van der Waals surface area (Å²) in [5.41, 5.74) is 0.319. The van der Waals surface area contributed by atoms with Gasteiger partial charge in [-0.25, -0.2) is 4.79 Å². The van der Waals surface area contributed by atoms with E-state index in [-0.39, 0.29) is 5.92 Å². The number of amides is 1. The molecular formula is C20H24N4O3. The molecule has 7 nitrogen and oxygen atoms in total. The largest absolute Gasteiger partial charge is 0.449 e. The minimum Gasteiger partial charge on any atom is -0.449 e. The number of hydrogen-bond donors (Lipinski definition) is 1. The molecule has 0 fully saturated rings. The topological polar surface area (TPSA) is 97.0 Å². The maximum Gasteiger partial charge on any atom is 0.338 e. The van der Waals surface area contributed by atoms with Gasteiger partial charge in [-0.15, -0.1) is 0 Å². The molecule has 0 saturated carbocycles. The van der Waals surface area contributed by atoms with Crippen molar-refractivity contribution in [1.82, 2.24) is 15.1 Å². The molecule has 142 valence electrons. The number of benzene rings is 1. The van der Waals surface area contributed by atoms with Crippen LogP contribution in [0.4, 0.5) is 0 Å². The smallest absolute Gasteiger partial charge is 0.338 e. The number of carbonyl (C=O) groups is 2. The van der Waals surface area contributed by atoms with Gasteiger partial charge in [0.05, 0.1) is 18.2 Å². The van der Waals surface area contributed by atoms with Gasteiger partial charge in [0, 0.05) is 12.4 Å². The van der Waals surface area contributed by atoms with Crippen molar-refractivity contribution >= 4 is 11.9 Å². The summed E-state index contributed by atoms with van der Waals surface area (Å²) in [4.78, 5) is 24.5. The van der Waals surface area contributed by atoms with E-state index in [2.05, 4.69) is 16.5 Å². The lowest BCUT2D eigenvalue weighted by molar-refractivity contribution is -0.130. The number of ether oxygens (including phenoxy) is 1. The van der Waals surface area contributed by atoms with Crippen LogP contribution in [-0.4, -0.2) is 33.3 Å². The Bertz CT molecular complexity index is 822. The van der Waals surface area contributed by atoms with Crippen LogP contribution in [0.25, 0.3) is 0 Å². The first-order valence-corrected chi connectivity index (χ1v) is 8.76. The van der Waals surface area contributed by atoms with Gasteiger partial charge < -0.3 is 10.1 Å². The van der Waals surface area contributed by atoms with Gasteiger partial charge in [0.25, 0.3) is 5.91 Å². The molecule has 0 spiro atoms. The van der Waals surface area contributed by atoms with Crippen LogP contribution in [0.15, 0.2) is 42.7 Å². The van der Waals surface area contributed by atoms with Gasteiger partial charge in [0.1, 0.15) is 5.54 Å². The average molecular weight is 368 g/mol. The molecule has 0 radical (unpaired) electrons. The third-order valence-electron chi connectivity index (χ3n) is 4.52. The maximum absolute atomic E-state index is 12.3. The van der Waals surface area contributed by atoms with E-state index in [1.165, 1.54) is 6.92 Å². The summed E-state index contributed by atoms with van der Waals surface area (Å²) in [6.07, 6.45) is 2.55. The lowest BCUT2D eigenvalue weighted by Crippen LogP contribution is -2.52. The molecular weight excluding hydrogens is 344 g/mol. The molecule has 2 unspecified atom stereocenters. The molecule has 27 heavy (non-hydrogen) atoms. The molecule has 1 aromatic carbocycles. The predicted octanol–water partition coefficient (Wildman–Crippen LogP) is 2.53. The number of nitriles is 1. The minimum absolute atomic E-state index is 0.0864. The normalized spacial score (nSPS) is 14.1. The van der Waals surface area contributed by atoms with Crippen LogP contribution in [0.1, 0.15) is 43.6 Å². The van der Waals surface area contributed by atoms with Gasteiger partial charge in [0.2, 0.25) is 0 Å². The molecule has 0 saturated heterocycles. The molecule has 7 heteroatoms. The second kappa shape index (κ2) is 8.49. The monoisotopic (exact) mass is 368 g/mol. The summed E-state index contributed by atoms with van der Waals surface area (Å²) in [6.45, 7) is 7.40. The van der Waals surface area contributed by atoms with E-state index < -0.39 is 23.5 Å². The SMILES string of the molecule is CC(OC(=O)c1ccc(Cn2cccn2)cc1)C(=O)NC(C)(C#N)C(C)C. The molecule has 0 aliphatic heterocycles. The third kappa shape index (κ3) is 5.17. The lowest BCUT2D eigenvalue weighted by atomic mass is 9.90. The summed E-state index contributed by atoms with van der Waals surface area (Å²) in [5, 5.41) is 16.1. The van der Waals surface area contributed by atoms with E-state index >= 15 is 0 Å². The molecule has 0 bridgehead atoms. The van der Waals surface area contributed by atoms with Crippen LogP contribution >= 0.6 is 0 Å². The molecule has 1 N–H and O–H groups in total. The summed E-state index contributed by atoms with van der Waals surface area (Å²) in [7, 11) is 0. The Hall–Kier alpha value is -3.14. The van der Waals surface area contributed by atoms with Crippen molar-refractivity contribution in [1.29, 1.82) is 5.26 Å². The fourth-order valence-electron chi connectivity index (χ4n) is 2.27.